The van der Waals surface area contributed by atoms with Crippen molar-refractivity contribution in [3.63, 3.8) is 0 Å². The second-order valence-corrected chi connectivity index (χ2v) is 31.8. The lowest BCUT2D eigenvalue weighted by atomic mass is 9.82. The summed E-state index contributed by atoms with van der Waals surface area (Å²) in [5.41, 5.74) is -0.0415. The largest absolute Gasteiger partial charge is 0.359 e. The maximum absolute atomic E-state index is 12.0. The third kappa shape index (κ3) is 35.9. The summed E-state index contributed by atoms with van der Waals surface area (Å²) in [5, 5.41) is 11.9. The maximum Gasteiger partial charge on any atom is 0.225 e. The van der Waals surface area contributed by atoms with Crippen LogP contribution < -0.4 is 21.3 Å². The summed E-state index contributed by atoms with van der Waals surface area (Å²) in [6.45, 7) is 36.4. The highest BCUT2D eigenvalue weighted by atomic mass is 16.2. The molecule has 7 aliphatic carbocycles. The maximum atomic E-state index is 12.0. The molecule has 14 nitrogen and oxygen atoms in total. The Balaban J connectivity index is 0.000000538. The lowest BCUT2D eigenvalue weighted by molar-refractivity contribution is -0.137. The summed E-state index contributed by atoms with van der Waals surface area (Å²) >= 11 is 0. The minimum atomic E-state index is -0.0415. The fraction of sp³-hybridized carbons (Fsp3) is 0.910. The molecule has 0 bridgehead atoms. The first-order chi connectivity index (χ1) is 43.3. The van der Waals surface area contributed by atoms with E-state index in [1.54, 1.807) is 11.9 Å². The molecular formula is C78H149N7O7. The first kappa shape index (κ1) is 86.3. The molecule has 7 saturated carbocycles. The van der Waals surface area contributed by atoms with Crippen LogP contribution in [0.3, 0.4) is 0 Å². The second kappa shape index (κ2) is 47.2. The van der Waals surface area contributed by atoms with Gasteiger partial charge in [0.1, 0.15) is 0 Å². The van der Waals surface area contributed by atoms with Crippen molar-refractivity contribution in [1.82, 2.24) is 36.0 Å². The fourth-order valence-corrected chi connectivity index (χ4v) is 13.6. The highest BCUT2D eigenvalue weighted by Gasteiger charge is 2.32. The summed E-state index contributed by atoms with van der Waals surface area (Å²) in [6, 6.07) is 0.670. The Hall–Kier alpha value is -3.71. The molecule has 0 saturated heterocycles. The van der Waals surface area contributed by atoms with Crippen LogP contribution in [0.4, 0.5) is 0 Å². The molecule has 4 N–H and O–H groups in total. The van der Waals surface area contributed by atoms with Gasteiger partial charge in [-0.25, -0.2) is 0 Å². The van der Waals surface area contributed by atoms with Gasteiger partial charge in [0.2, 0.25) is 41.4 Å². The number of nitrogens with one attached hydrogen (secondary N) is 4. The van der Waals surface area contributed by atoms with Crippen molar-refractivity contribution in [3.05, 3.63) is 0 Å². The van der Waals surface area contributed by atoms with Crippen molar-refractivity contribution in [3.8, 4) is 0 Å². The molecule has 14 heteroatoms. The molecule has 0 spiro atoms. The molecule has 0 heterocycles. The quantitative estimate of drug-likeness (QED) is 0.126. The van der Waals surface area contributed by atoms with E-state index in [0.29, 0.717) is 65.3 Å². The Morgan fingerprint density at radius 3 is 0.978 bits per heavy atom. The Morgan fingerprint density at radius 2 is 0.696 bits per heavy atom. The van der Waals surface area contributed by atoms with Crippen LogP contribution in [0, 0.1) is 82.9 Å². The van der Waals surface area contributed by atoms with Crippen molar-refractivity contribution in [2.45, 2.75) is 327 Å². The SMILES string of the molecule is CC1CCC(C(=O)N(C)C(C)C)CC1.CC1CCC(C(=O)N(C)C)CC1.CCC(C)(C)NC(=O)C1CCC(C)CC1.CCCNC(=O)C1CCC(C)CC1.CCN(C)C(=O)C1CCC(C)CC1.CC[C@@H](C)NC(=O)C1CCC(C)CC1.CNC(=O)C1CCC(C)CC1. The van der Waals surface area contributed by atoms with E-state index >= 15 is 0 Å². The molecule has 0 radical (unpaired) electrons. The molecule has 0 aromatic rings. The van der Waals surface area contributed by atoms with E-state index in [9.17, 15) is 33.6 Å². The zero-order chi connectivity index (χ0) is 69.7. The standard InChI is InChI=1S/C13H25NO.2C12H23NO.2C11H21NO.C10H19NO.C9H17NO/c1-5-13(3,4)14-12(15)11-8-6-10(2)7-9-11;1-9(2)13(4)12(14)11-7-5-10(3)6-8-11;1-4-10(3)13-12(14)11-7-5-9(2)6-8-11;1-4-12(3)11(13)10-7-5-9(2)6-8-10;1-3-8-12-11(13)10-6-4-9(2)5-7-10;1-8-4-6-9(7-5-8)10(12)11(2)3;1-7-3-5-8(6-4-7)9(11)10-2/h10-11H,5-9H2,1-4H3,(H,14,15);9-11H,5-8H2,1-4H3;9-11H,4-8H2,1-3H3,(H,13,14);9-10H,4-8H2,1-3H3;9-10H,3-8H2,1-2H3,(H,12,13);8-9H,4-7H2,1-3H3;7-8H,3-6H2,1-2H3,(H,10,11)/t;;9?,10-,11?;;;;/m..1..../s1. The van der Waals surface area contributed by atoms with Crippen LogP contribution >= 0.6 is 0 Å². The Bertz CT molecular complexity index is 2010. The topological polar surface area (TPSA) is 177 Å². The van der Waals surface area contributed by atoms with Crippen LogP contribution in [0.15, 0.2) is 0 Å². The minimum Gasteiger partial charge on any atom is -0.359 e. The number of carbonyl (C=O) groups is 7. The molecule has 1 atom stereocenters. The van der Waals surface area contributed by atoms with Crippen LogP contribution in [0.5, 0.6) is 0 Å². The minimum absolute atomic E-state index is 0.0415. The van der Waals surface area contributed by atoms with Gasteiger partial charge in [0.25, 0.3) is 0 Å². The van der Waals surface area contributed by atoms with Gasteiger partial charge in [-0.3, -0.25) is 33.6 Å². The van der Waals surface area contributed by atoms with Gasteiger partial charge in [0.15, 0.2) is 0 Å². The van der Waals surface area contributed by atoms with Crippen molar-refractivity contribution in [1.29, 1.82) is 0 Å². The number of rotatable bonds is 15. The number of amides is 7. The van der Waals surface area contributed by atoms with Crippen LogP contribution in [0.2, 0.25) is 0 Å². The van der Waals surface area contributed by atoms with Crippen LogP contribution in [0.1, 0.15) is 310 Å². The van der Waals surface area contributed by atoms with Gasteiger partial charge in [-0.05, 0) is 282 Å². The number of hydrogen-bond acceptors (Lipinski definition) is 7. The summed E-state index contributed by atoms with van der Waals surface area (Å²) in [4.78, 5) is 87.2. The summed E-state index contributed by atoms with van der Waals surface area (Å²) in [5.74, 6) is 9.99. The summed E-state index contributed by atoms with van der Waals surface area (Å²) < 4.78 is 0. The van der Waals surface area contributed by atoms with Gasteiger partial charge in [0, 0.05) is 107 Å². The Labute approximate surface area is 566 Å². The second-order valence-electron chi connectivity index (χ2n) is 31.8. The van der Waals surface area contributed by atoms with Crippen molar-refractivity contribution < 1.29 is 33.6 Å². The van der Waals surface area contributed by atoms with Crippen LogP contribution in [-0.2, 0) is 33.6 Å². The van der Waals surface area contributed by atoms with Gasteiger partial charge in [-0.2, -0.15) is 0 Å². The lowest BCUT2D eigenvalue weighted by Crippen LogP contribution is -2.46. The molecule has 92 heavy (non-hydrogen) atoms. The van der Waals surface area contributed by atoms with Crippen LogP contribution in [-0.4, -0.2) is 122 Å². The van der Waals surface area contributed by atoms with Crippen molar-refractivity contribution >= 4 is 41.4 Å². The third-order valence-corrected chi connectivity index (χ3v) is 22.2. The molecule has 7 aliphatic rings. The summed E-state index contributed by atoms with van der Waals surface area (Å²) in [7, 11) is 9.24. The van der Waals surface area contributed by atoms with E-state index in [4.69, 9.17) is 0 Å². The van der Waals surface area contributed by atoms with E-state index in [2.05, 4.69) is 125 Å². The number of nitrogens with zero attached hydrogens (tertiary/aromatic N) is 3. The van der Waals surface area contributed by atoms with Gasteiger partial charge < -0.3 is 36.0 Å². The van der Waals surface area contributed by atoms with Gasteiger partial charge in [0.05, 0.1) is 0 Å². The molecule has 0 unspecified atom stereocenters. The molecule has 0 aromatic heterocycles. The predicted molar refractivity (Wildman–Crippen MR) is 386 cm³/mol. The third-order valence-electron chi connectivity index (χ3n) is 22.2. The molecule has 0 aliphatic heterocycles. The highest BCUT2D eigenvalue weighted by molar-refractivity contribution is 5.81. The predicted octanol–water partition coefficient (Wildman–Crippen LogP) is 16.6. The average molecular weight is 1300 g/mol. The van der Waals surface area contributed by atoms with E-state index in [-0.39, 0.29) is 35.1 Å². The van der Waals surface area contributed by atoms with Crippen molar-refractivity contribution in [2.24, 2.45) is 82.9 Å². The van der Waals surface area contributed by atoms with Gasteiger partial charge in [-0.15, -0.1) is 0 Å². The molecule has 0 aromatic carbocycles. The van der Waals surface area contributed by atoms with Gasteiger partial charge in [-0.1, -0.05) is 69.2 Å². The lowest BCUT2D eigenvalue weighted by Gasteiger charge is -2.30. The fourth-order valence-electron chi connectivity index (χ4n) is 13.6. The number of hydrogen-bond donors (Lipinski definition) is 4. The summed E-state index contributed by atoms with van der Waals surface area (Å²) in [6.07, 6.45) is 35.4. The van der Waals surface area contributed by atoms with E-state index < -0.39 is 0 Å². The number of carbonyl (C=O) groups excluding carboxylic acids is 7. The Morgan fingerprint density at radius 1 is 0.402 bits per heavy atom. The molecule has 7 amide bonds. The molecular weight excluding hydrogens is 1150 g/mol. The smallest absolute Gasteiger partial charge is 0.225 e. The van der Waals surface area contributed by atoms with Crippen molar-refractivity contribution in [2.75, 3.05) is 48.3 Å². The van der Waals surface area contributed by atoms with E-state index in [1.807, 2.05) is 44.9 Å². The molecule has 7 fully saturated rings. The first-order valence-corrected chi connectivity index (χ1v) is 38.2. The first-order valence-electron chi connectivity index (χ1n) is 38.2. The zero-order valence-corrected chi connectivity index (χ0v) is 63.8. The van der Waals surface area contributed by atoms with Gasteiger partial charge >= 0.3 is 0 Å². The normalized spacial score (nSPS) is 28.9. The monoisotopic (exact) mass is 1300 g/mol. The van der Waals surface area contributed by atoms with E-state index in [0.717, 1.165) is 164 Å². The zero-order valence-electron chi connectivity index (χ0n) is 63.8. The highest BCUT2D eigenvalue weighted by Crippen LogP contribution is 2.34. The van der Waals surface area contributed by atoms with E-state index in [1.165, 1.54) is 89.9 Å². The molecule has 7 rings (SSSR count). The Kier molecular flexibility index (Phi) is 44.3. The molecule has 538 valence electrons. The average Bonchev–Trinajstić information content (AvgIpc) is 2.79. The van der Waals surface area contributed by atoms with Crippen LogP contribution in [0.25, 0.3) is 0 Å².